The average Bonchev–Trinajstić information content (AvgIpc) is 3.07. The first-order chi connectivity index (χ1) is 16.5. The van der Waals surface area contributed by atoms with E-state index in [0.29, 0.717) is 0 Å². The second kappa shape index (κ2) is 8.98. The summed E-state index contributed by atoms with van der Waals surface area (Å²) < 4.78 is 4.82. The summed E-state index contributed by atoms with van der Waals surface area (Å²) in [6, 6.07) is 18.4. The van der Waals surface area contributed by atoms with E-state index in [4.69, 9.17) is 0 Å². The molecule has 1 aliphatic rings. The number of para-hydroxylation sites is 1. The number of benzene rings is 2. The van der Waals surface area contributed by atoms with Crippen LogP contribution >= 0.6 is 0 Å². The summed E-state index contributed by atoms with van der Waals surface area (Å²) in [5.41, 5.74) is 11.0. The molecule has 4 aromatic rings. The Morgan fingerprint density at radius 3 is 2.32 bits per heavy atom. The Kier molecular flexibility index (Phi) is 6.02. The van der Waals surface area contributed by atoms with Gasteiger partial charge in [-0.2, -0.15) is 4.57 Å². The molecule has 2 aromatic heterocycles. The Hall–Kier alpha value is -3.00. The molecule has 0 atom stereocenters. The van der Waals surface area contributed by atoms with Crippen LogP contribution in [0.4, 0.5) is 0 Å². The van der Waals surface area contributed by atoms with Crippen LogP contribution in [0.15, 0.2) is 67.1 Å². The molecule has 2 nitrogen and oxygen atoms in total. The zero-order valence-corrected chi connectivity index (χ0v) is 21.5. The van der Waals surface area contributed by atoms with Gasteiger partial charge in [0.1, 0.15) is 13.1 Å². The molecule has 0 amide bonds. The Balaban J connectivity index is 1.64. The molecule has 0 bridgehead atoms. The molecule has 2 heteroatoms. The highest BCUT2D eigenvalue weighted by Gasteiger charge is 2.39. The van der Waals surface area contributed by atoms with Gasteiger partial charge in [0.15, 0.2) is 18.6 Å². The molecule has 0 unspecified atom stereocenters. The van der Waals surface area contributed by atoms with Crippen molar-refractivity contribution < 1.29 is 9.13 Å². The van der Waals surface area contributed by atoms with Crippen LogP contribution in [0.25, 0.3) is 33.2 Å². The van der Waals surface area contributed by atoms with Gasteiger partial charge >= 0.3 is 0 Å². The van der Waals surface area contributed by atoms with Crippen LogP contribution in [0.1, 0.15) is 70.1 Å². The zero-order valence-electron chi connectivity index (χ0n) is 21.5. The predicted molar refractivity (Wildman–Crippen MR) is 142 cm³/mol. The highest BCUT2D eigenvalue weighted by Crippen LogP contribution is 2.51. The van der Waals surface area contributed by atoms with Gasteiger partial charge in [-0.05, 0) is 41.3 Å². The summed E-state index contributed by atoms with van der Waals surface area (Å²) in [5.74, 6) is 0. The quantitative estimate of drug-likeness (QED) is 0.261. The third-order valence-corrected chi connectivity index (χ3v) is 7.72. The Bertz CT molecular complexity index is 1360. The summed E-state index contributed by atoms with van der Waals surface area (Å²) >= 11 is 0. The van der Waals surface area contributed by atoms with Gasteiger partial charge in [-0.3, -0.25) is 0 Å². The van der Waals surface area contributed by atoms with Crippen LogP contribution in [0.3, 0.4) is 0 Å². The topological polar surface area (TPSA) is 7.76 Å². The third-order valence-electron chi connectivity index (χ3n) is 7.72. The highest BCUT2D eigenvalue weighted by atomic mass is 14.9. The van der Waals surface area contributed by atoms with Crippen molar-refractivity contribution >= 4 is 10.9 Å². The summed E-state index contributed by atoms with van der Waals surface area (Å²) in [5, 5.41) is 1.38. The van der Waals surface area contributed by atoms with Crippen LogP contribution < -0.4 is 9.13 Å². The molecule has 0 radical (unpaired) electrons. The van der Waals surface area contributed by atoms with Crippen LogP contribution in [-0.2, 0) is 18.5 Å². The van der Waals surface area contributed by atoms with E-state index in [1.165, 1.54) is 75.5 Å². The number of hydrogen-bond donors (Lipinski definition) is 0. The van der Waals surface area contributed by atoms with Gasteiger partial charge in [-0.1, -0.05) is 64.8 Å². The molecule has 0 saturated carbocycles. The molecule has 2 aromatic carbocycles. The first kappa shape index (κ1) is 22.8. The Labute approximate surface area is 204 Å². The molecule has 0 saturated heterocycles. The van der Waals surface area contributed by atoms with Gasteiger partial charge < -0.3 is 0 Å². The van der Waals surface area contributed by atoms with Gasteiger partial charge in [0.2, 0.25) is 5.52 Å². The van der Waals surface area contributed by atoms with E-state index in [0.717, 1.165) is 13.1 Å². The molecule has 0 N–H and O–H groups in total. The minimum absolute atomic E-state index is 0.0254. The first-order valence-electron chi connectivity index (χ1n) is 13.1. The molecule has 5 rings (SSSR count). The maximum atomic E-state index is 2.49. The molecular weight excluding hydrogens is 412 g/mol. The molecular formula is C32H38N2+2. The minimum Gasteiger partial charge on any atom is -0.205 e. The van der Waals surface area contributed by atoms with E-state index in [9.17, 15) is 0 Å². The smallest absolute Gasteiger partial charge is 0.205 e. The number of fused-ring (bicyclic) bond motifs is 5. The second-order valence-corrected chi connectivity index (χ2v) is 10.5. The van der Waals surface area contributed by atoms with Crippen molar-refractivity contribution in [1.29, 1.82) is 0 Å². The Morgan fingerprint density at radius 1 is 0.794 bits per heavy atom. The lowest BCUT2D eigenvalue weighted by molar-refractivity contribution is -0.697. The fourth-order valence-electron chi connectivity index (χ4n) is 5.71. The normalized spacial score (nSPS) is 13.8. The predicted octanol–water partition coefficient (Wildman–Crippen LogP) is 7.30. The highest BCUT2D eigenvalue weighted by molar-refractivity contribution is 5.99. The number of unbranched alkanes of at least 4 members (excludes halogenated alkanes) is 2. The van der Waals surface area contributed by atoms with Crippen molar-refractivity contribution in [3.8, 4) is 22.3 Å². The first-order valence-corrected chi connectivity index (χ1v) is 13.1. The Morgan fingerprint density at radius 2 is 1.56 bits per heavy atom. The maximum absolute atomic E-state index is 2.49. The van der Waals surface area contributed by atoms with Crippen molar-refractivity contribution in [3.63, 3.8) is 0 Å². The number of nitrogens with zero attached hydrogens (tertiary/aromatic N) is 2. The lowest BCUT2D eigenvalue weighted by atomic mass is 9.82. The molecule has 1 aliphatic carbocycles. The van der Waals surface area contributed by atoms with Crippen molar-refractivity contribution in [2.24, 2.45) is 0 Å². The minimum atomic E-state index is -0.0254. The van der Waals surface area contributed by atoms with E-state index in [1.54, 1.807) is 0 Å². The van der Waals surface area contributed by atoms with E-state index >= 15 is 0 Å². The van der Waals surface area contributed by atoms with Gasteiger partial charge in [0.05, 0.1) is 5.39 Å². The third kappa shape index (κ3) is 3.74. The second-order valence-electron chi connectivity index (χ2n) is 10.5. The molecule has 0 spiro atoms. The molecule has 174 valence electrons. The monoisotopic (exact) mass is 450 g/mol. The average molecular weight is 451 g/mol. The van der Waals surface area contributed by atoms with Crippen LogP contribution in [-0.4, -0.2) is 0 Å². The van der Waals surface area contributed by atoms with E-state index in [1.807, 2.05) is 0 Å². The standard InChI is InChI=1S/C32H38N2/c1-6-8-17-33-19-16-25(23(3)21-33)24-14-15-26-28(20-24)32(4,5)29-22-34(18-9-7-2)30-13-11-10-12-27(30)31(26)29/h10-16,19-22H,6-9,17-18H2,1-5H3/q+2. The van der Waals surface area contributed by atoms with Crippen LogP contribution in [0, 0.1) is 6.92 Å². The molecule has 0 fully saturated rings. The fourth-order valence-corrected chi connectivity index (χ4v) is 5.71. The van der Waals surface area contributed by atoms with Crippen molar-refractivity contribution in [1.82, 2.24) is 0 Å². The number of rotatable bonds is 7. The maximum Gasteiger partial charge on any atom is 0.213 e. The lowest BCUT2D eigenvalue weighted by Gasteiger charge is -2.21. The molecule has 2 heterocycles. The largest absolute Gasteiger partial charge is 0.213 e. The number of aryl methyl sites for hydroxylation is 3. The summed E-state index contributed by atoms with van der Waals surface area (Å²) in [6.07, 6.45) is 11.9. The van der Waals surface area contributed by atoms with E-state index < -0.39 is 0 Å². The lowest BCUT2D eigenvalue weighted by Crippen LogP contribution is -2.36. The van der Waals surface area contributed by atoms with Gasteiger partial charge in [-0.15, -0.1) is 0 Å². The summed E-state index contributed by atoms with van der Waals surface area (Å²) in [4.78, 5) is 0. The number of hydrogen-bond acceptors (Lipinski definition) is 0. The van der Waals surface area contributed by atoms with Crippen LogP contribution in [0.5, 0.6) is 0 Å². The van der Waals surface area contributed by atoms with E-state index in [2.05, 4.69) is 111 Å². The zero-order chi connectivity index (χ0) is 23.9. The number of pyridine rings is 2. The molecule has 0 aliphatic heterocycles. The van der Waals surface area contributed by atoms with Crippen LogP contribution in [0.2, 0.25) is 0 Å². The van der Waals surface area contributed by atoms with Crippen molar-refractivity contribution in [2.75, 3.05) is 0 Å². The fraction of sp³-hybridized carbons (Fsp3) is 0.375. The van der Waals surface area contributed by atoms with Gasteiger partial charge in [0.25, 0.3) is 0 Å². The van der Waals surface area contributed by atoms with E-state index in [-0.39, 0.29) is 5.41 Å². The van der Waals surface area contributed by atoms with Crippen molar-refractivity contribution in [3.05, 3.63) is 83.8 Å². The van der Waals surface area contributed by atoms with Gasteiger partial charge in [0, 0.05) is 47.1 Å². The summed E-state index contributed by atoms with van der Waals surface area (Å²) in [6.45, 7) is 13.7. The summed E-state index contributed by atoms with van der Waals surface area (Å²) in [7, 11) is 0. The number of aromatic nitrogens is 2. The molecule has 34 heavy (non-hydrogen) atoms. The van der Waals surface area contributed by atoms with Gasteiger partial charge in [-0.25, -0.2) is 4.57 Å². The SMILES string of the molecule is CCCC[n+]1ccc(-c2ccc3c(c2)C(C)(C)c2c[n+](CCCC)c4ccccc4c2-3)c(C)c1. The van der Waals surface area contributed by atoms with Crippen molar-refractivity contribution in [2.45, 2.75) is 78.8 Å².